The van der Waals surface area contributed by atoms with Gasteiger partial charge in [-0.3, -0.25) is 4.79 Å². The van der Waals surface area contributed by atoms with E-state index in [4.69, 9.17) is 14.9 Å². The lowest BCUT2D eigenvalue weighted by atomic mass is 10.1. The van der Waals surface area contributed by atoms with E-state index in [1.165, 1.54) is 0 Å². The Balaban J connectivity index is 2.10. The van der Waals surface area contributed by atoms with Crippen LogP contribution < -0.4 is 10.6 Å². The van der Waals surface area contributed by atoms with Gasteiger partial charge >= 0.3 is 0 Å². The molecule has 7 nitrogen and oxygen atoms in total. The predicted molar refractivity (Wildman–Crippen MR) is 54.4 cm³/mol. The van der Waals surface area contributed by atoms with Crippen LogP contribution in [-0.4, -0.2) is 62.1 Å². The second-order valence-electron chi connectivity index (χ2n) is 3.59. The second kappa shape index (κ2) is 7.53. The van der Waals surface area contributed by atoms with Crippen molar-refractivity contribution in [3.05, 3.63) is 0 Å². The zero-order chi connectivity index (χ0) is 11.8. The van der Waals surface area contributed by atoms with Crippen LogP contribution in [-0.2, 0) is 14.3 Å². The number of aliphatic hydroxyl groups is 2. The number of nitrogens with one attached hydrogen (secondary N) is 2. The van der Waals surface area contributed by atoms with Crippen molar-refractivity contribution in [1.82, 2.24) is 10.6 Å². The number of hydrogen-bond acceptors (Lipinski definition) is 6. The minimum atomic E-state index is -1.91. The molecule has 1 aliphatic heterocycles. The standard InChI is InChI=1S/C9H18N2O5/c12-8(6-16-9(13)14)11-4-7-3-10-1-2-15-5-7/h7,9-10,13-14H,1-6H2,(H,11,12). The number of rotatable bonds is 5. The molecule has 4 N–H and O–H groups in total. The van der Waals surface area contributed by atoms with Gasteiger partial charge in [-0.1, -0.05) is 0 Å². The third kappa shape index (κ3) is 5.99. The van der Waals surface area contributed by atoms with E-state index in [1.807, 2.05) is 0 Å². The molecule has 1 atom stereocenters. The largest absolute Gasteiger partial charge is 0.380 e. The SMILES string of the molecule is O=C(COC(O)O)NCC1CNCCOC1. The molecule has 1 rings (SSSR count). The number of hydrogen-bond donors (Lipinski definition) is 4. The molecule has 0 aromatic rings. The summed E-state index contributed by atoms with van der Waals surface area (Å²) < 4.78 is 9.63. The minimum absolute atomic E-state index is 0.227. The highest BCUT2D eigenvalue weighted by Gasteiger charge is 2.13. The maximum absolute atomic E-state index is 11.2. The summed E-state index contributed by atoms with van der Waals surface area (Å²) in [6.45, 7) is 1.12. The zero-order valence-electron chi connectivity index (χ0n) is 9.02. The van der Waals surface area contributed by atoms with E-state index >= 15 is 0 Å². The quantitative estimate of drug-likeness (QED) is 0.397. The number of amides is 1. The van der Waals surface area contributed by atoms with E-state index in [0.29, 0.717) is 19.8 Å². The van der Waals surface area contributed by atoms with Crippen molar-refractivity contribution < 1.29 is 24.5 Å². The third-order valence-electron chi connectivity index (χ3n) is 2.16. The van der Waals surface area contributed by atoms with Crippen molar-refractivity contribution in [3.8, 4) is 0 Å². The first kappa shape index (κ1) is 13.3. The molecule has 0 saturated carbocycles. The number of aliphatic hydroxyl groups excluding tert-OH is 1. The monoisotopic (exact) mass is 234 g/mol. The Kier molecular flexibility index (Phi) is 6.27. The Morgan fingerprint density at radius 2 is 2.44 bits per heavy atom. The van der Waals surface area contributed by atoms with Crippen LogP contribution in [0.4, 0.5) is 0 Å². The highest BCUT2D eigenvalue weighted by Crippen LogP contribution is 1.97. The predicted octanol–water partition coefficient (Wildman–Crippen LogP) is -2.38. The maximum atomic E-state index is 11.2. The fourth-order valence-corrected chi connectivity index (χ4v) is 1.35. The van der Waals surface area contributed by atoms with Crippen LogP contribution in [0.3, 0.4) is 0 Å². The number of ether oxygens (including phenoxy) is 2. The zero-order valence-corrected chi connectivity index (χ0v) is 9.02. The van der Waals surface area contributed by atoms with Crippen LogP contribution in [0.2, 0.25) is 0 Å². The Morgan fingerprint density at radius 1 is 1.62 bits per heavy atom. The highest BCUT2D eigenvalue weighted by molar-refractivity contribution is 5.77. The summed E-state index contributed by atoms with van der Waals surface area (Å²) in [5, 5.41) is 22.6. The smallest absolute Gasteiger partial charge is 0.267 e. The Morgan fingerprint density at radius 3 is 3.19 bits per heavy atom. The van der Waals surface area contributed by atoms with Gasteiger partial charge in [-0.25, -0.2) is 0 Å². The molecule has 1 aliphatic rings. The van der Waals surface area contributed by atoms with Gasteiger partial charge in [-0.2, -0.15) is 0 Å². The van der Waals surface area contributed by atoms with Gasteiger partial charge in [0, 0.05) is 25.6 Å². The Labute approximate surface area is 93.7 Å². The fraction of sp³-hybridized carbons (Fsp3) is 0.889. The Bertz CT molecular complexity index is 204. The van der Waals surface area contributed by atoms with Crippen LogP contribution in [0.15, 0.2) is 0 Å². The third-order valence-corrected chi connectivity index (χ3v) is 2.16. The van der Waals surface area contributed by atoms with Crippen LogP contribution in [0, 0.1) is 5.92 Å². The van der Waals surface area contributed by atoms with Crippen molar-refractivity contribution in [2.75, 3.05) is 39.5 Å². The van der Waals surface area contributed by atoms with Crippen molar-refractivity contribution in [2.45, 2.75) is 6.48 Å². The van der Waals surface area contributed by atoms with Crippen LogP contribution in [0.1, 0.15) is 0 Å². The van der Waals surface area contributed by atoms with E-state index in [1.54, 1.807) is 0 Å². The summed E-state index contributed by atoms with van der Waals surface area (Å²) in [6, 6.07) is 0. The van der Waals surface area contributed by atoms with Gasteiger partial charge in [0.25, 0.3) is 6.48 Å². The van der Waals surface area contributed by atoms with Crippen LogP contribution in [0.5, 0.6) is 0 Å². The summed E-state index contributed by atoms with van der Waals surface area (Å²) in [7, 11) is 0. The molecule has 94 valence electrons. The summed E-state index contributed by atoms with van der Waals surface area (Å²) in [4.78, 5) is 11.2. The summed E-state index contributed by atoms with van der Waals surface area (Å²) >= 11 is 0. The average Bonchev–Trinajstić information content (AvgIpc) is 2.51. The molecule has 0 spiro atoms. The molecular formula is C9H18N2O5. The van der Waals surface area contributed by atoms with Gasteiger partial charge in [0.2, 0.25) is 5.91 Å². The normalized spacial score (nSPS) is 21.8. The molecule has 16 heavy (non-hydrogen) atoms. The van der Waals surface area contributed by atoms with E-state index in [9.17, 15) is 4.79 Å². The lowest BCUT2D eigenvalue weighted by Gasteiger charge is -2.14. The molecule has 0 aliphatic carbocycles. The first-order valence-electron chi connectivity index (χ1n) is 5.21. The molecule has 1 unspecified atom stereocenters. The van der Waals surface area contributed by atoms with Gasteiger partial charge < -0.3 is 30.3 Å². The molecule has 0 bridgehead atoms. The first-order valence-corrected chi connectivity index (χ1v) is 5.21. The van der Waals surface area contributed by atoms with Gasteiger partial charge in [-0.15, -0.1) is 0 Å². The maximum Gasteiger partial charge on any atom is 0.267 e. The average molecular weight is 234 g/mol. The molecule has 1 fully saturated rings. The van der Waals surface area contributed by atoms with Gasteiger partial charge in [0.1, 0.15) is 6.61 Å². The van der Waals surface area contributed by atoms with Crippen LogP contribution >= 0.6 is 0 Å². The van der Waals surface area contributed by atoms with Crippen molar-refractivity contribution in [3.63, 3.8) is 0 Å². The van der Waals surface area contributed by atoms with Crippen molar-refractivity contribution in [1.29, 1.82) is 0 Å². The van der Waals surface area contributed by atoms with E-state index in [2.05, 4.69) is 15.4 Å². The summed E-state index contributed by atoms with van der Waals surface area (Å²) in [5.74, 6) is -0.150. The fourth-order valence-electron chi connectivity index (χ4n) is 1.35. The molecule has 0 radical (unpaired) electrons. The summed E-state index contributed by atoms with van der Waals surface area (Å²) in [6.07, 6.45) is 0. The van der Waals surface area contributed by atoms with E-state index in [0.717, 1.165) is 13.1 Å². The lowest BCUT2D eigenvalue weighted by Crippen LogP contribution is -2.37. The molecule has 0 aromatic carbocycles. The molecule has 1 saturated heterocycles. The topological polar surface area (TPSA) is 100 Å². The van der Waals surface area contributed by atoms with Gasteiger partial charge in [0.15, 0.2) is 0 Å². The van der Waals surface area contributed by atoms with Crippen molar-refractivity contribution >= 4 is 5.91 Å². The van der Waals surface area contributed by atoms with Gasteiger partial charge in [-0.05, 0) is 0 Å². The first-order chi connectivity index (χ1) is 7.68. The van der Waals surface area contributed by atoms with Crippen molar-refractivity contribution in [2.24, 2.45) is 5.92 Å². The number of carbonyl (C=O) groups excluding carboxylic acids is 1. The molecule has 7 heteroatoms. The minimum Gasteiger partial charge on any atom is -0.380 e. The second-order valence-corrected chi connectivity index (χ2v) is 3.59. The highest BCUT2D eigenvalue weighted by atomic mass is 16.7. The van der Waals surface area contributed by atoms with Crippen LogP contribution in [0.25, 0.3) is 0 Å². The molecule has 0 aromatic heterocycles. The van der Waals surface area contributed by atoms with E-state index in [-0.39, 0.29) is 18.4 Å². The lowest BCUT2D eigenvalue weighted by molar-refractivity contribution is -0.232. The number of carbonyl (C=O) groups is 1. The summed E-state index contributed by atoms with van der Waals surface area (Å²) in [5.41, 5.74) is 0. The Hall–Kier alpha value is -0.730. The van der Waals surface area contributed by atoms with Gasteiger partial charge in [0.05, 0.1) is 13.2 Å². The molecule has 1 amide bonds. The van der Waals surface area contributed by atoms with E-state index < -0.39 is 6.48 Å². The molecule has 1 heterocycles. The molecular weight excluding hydrogens is 216 g/mol.